The molecule has 0 fully saturated rings. The summed E-state index contributed by atoms with van der Waals surface area (Å²) in [6.45, 7) is 0.786. The van der Waals surface area contributed by atoms with Gasteiger partial charge in [-0.1, -0.05) is 115 Å². The van der Waals surface area contributed by atoms with E-state index in [0.29, 0.717) is 0 Å². The van der Waals surface area contributed by atoms with Gasteiger partial charge in [-0.3, -0.25) is 4.79 Å². The highest BCUT2D eigenvalue weighted by Crippen LogP contribution is 2.14. The Bertz CT molecular complexity index is 515. The zero-order valence-corrected chi connectivity index (χ0v) is 19.2. The summed E-state index contributed by atoms with van der Waals surface area (Å²) >= 11 is 0. The van der Waals surface area contributed by atoms with E-state index >= 15 is 0 Å². The summed E-state index contributed by atoms with van der Waals surface area (Å²) in [5, 5.41) is 3.01. The maximum Gasteiger partial charge on any atom is 0.251 e. The molecule has 0 heterocycles. The molecule has 0 aliphatic rings. The van der Waals surface area contributed by atoms with Gasteiger partial charge in [0.25, 0.3) is 5.91 Å². The van der Waals surface area contributed by atoms with E-state index in [2.05, 4.69) is 5.32 Å². The SMILES string of the molecule is O=CCCCCCCCCCCCCCCCCCCCNC(=O)c1ccccc1. The monoisotopic (exact) mass is 415 g/mol. The summed E-state index contributed by atoms with van der Waals surface area (Å²) in [4.78, 5) is 22.1. The zero-order valence-electron chi connectivity index (χ0n) is 19.2. The molecule has 1 amide bonds. The first-order chi connectivity index (χ1) is 14.8. The van der Waals surface area contributed by atoms with Crippen molar-refractivity contribution in [3.63, 3.8) is 0 Å². The lowest BCUT2D eigenvalue weighted by atomic mass is 10.0. The minimum atomic E-state index is 0.0432. The van der Waals surface area contributed by atoms with Gasteiger partial charge in [-0.05, 0) is 25.0 Å². The van der Waals surface area contributed by atoms with E-state index in [1.165, 1.54) is 96.3 Å². The maximum absolute atomic E-state index is 11.9. The van der Waals surface area contributed by atoms with Gasteiger partial charge in [0.15, 0.2) is 0 Å². The molecule has 0 saturated carbocycles. The van der Waals surface area contributed by atoms with Gasteiger partial charge < -0.3 is 10.1 Å². The van der Waals surface area contributed by atoms with Crippen molar-refractivity contribution in [2.24, 2.45) is 0 Å². The van der Waals surface area contributed by atoms with Gasteiger partial charge in [0, 0.05) is 18.5 Å². The van der Waals surface area contributed by atoms with Crippen LogP contribution < -0.4 is 5.32 Å². The normalized spacial score (nSPS) is 10.8. The molecule has 3 heteroatoms. The number of nitrogens with one attached hydrogen (secondary N) is 1. The molecule has 1 rings (SSSR count). The molecule has 0 aromatic heterocycles. The number of amides is 1. The molecule has 170 valence electrons. The number of carbonyl (C=O) groups is 2. The van der Waals surface area contributed by atoms with Crippen molar-refractivity contribution in [3.8, 4) is 0 Å². The Balaban J connectivity index is 1.72. The second-order valence-corrected chi connectivity index (χ2v) is 8.59. The molecule has 0 bridgehead atoms. The van der Waals surface area contributed by atoms with Crippen LogP contribution in [0.5, 0.6) is 0 Å². The first kappa shape index (κ1) is 26.4. The molecule has 0 saturated heterocycles. The van der Waals surface area contributed by atoms with Crippen LogP contribution in [0.4, 0.5) is 0 Å². The molecule has 0 atom stereocenters. The molecule has 1 aromatic rings. The number of hydrogen-bond acceptors (Lipinski definition) is 2. The molecule has 0 radical (unpaired) electrons. The van der Waals surface area contributed by atoms with E-state index < -0.39 is 0 Å². The third-order valence-corrected chi connectivity index (χ3v) is 5.82. The maximum atomic E-state index is 11.9. The lowest BCUT2D eigenvalue weighted by molar-refractivity contribution is -0.107. The van der Waals surface area contributed by atoms with E-state index in [-0.39, 0.29) is 5.91 Å². The minimum Gasteiger partial charge on any atom is -0.352 e. The highest BCUT2D eigenvalue weighted by Gasteiger charge is 2.02. The number of hydrogen-bond donors (Lipinski definition) is 1. The molecular weight excluding hydrogens is 370 g/mol. The quantitative estimate of drug-likeness (QED) is 0.166. The highest BCUT2D eigenvalue weighted by molar-refractivity contribution is 5.94. The third kappa shape index (κ3) is 16.2. The van der Waals surface area contributed by atoms with Crippen molar-refractivity contribution in [1.29, 1.82) is 0 Å². The van der Waals surface area contributed by atoms with E-state index in [0.717, 1.165) is 37.7 Å². The highest BCUT2D eigenvalue weighted by atomic mass is 16.1. The predicted octanol–water partition coefficient (Wildman–Crippen LogP) is 7.64. The average Bonchev–Trinajstić information content (AvgIpc) is 2.78. The Morgan fingerprint density at radius 1 is 0.600 bits per heavy atom. The third-order valence-electron chi connectivity index (χ3n) is 5.82. The first-order valence-electron chi connectivity index (χ1n) is 12.6. The Morgan fingerprint density at radius 3 is 1.43 bits per heavy atom. The van der Waals surface area contributed by atoms with E-state index in [1.807, 2.05) is 30.3 Å². The largest absolute Gasteiger partial charge is 0.352 e. The molecule has 30 heavy (non-hydrogen) atoms. The number of carbonyl (C=O) groups excluding carboxylic acids is 2. The van der Waals surface area contributed by atoms with Crippen molar-refractivity contribution in [3.05, 3.63) is 35.9 Å². The fraction of sp³-hybridized carbons (Fsp3) is 0.704. The fourth-order valence-corrected chi connectivity index (χ4v) is 3.90. The van der Waals surface area contributed by atoms with Gasteiger partial charge in [0.1, 0.15) is 6.29 Å². The Morgan fingerprint density at radius 2 is 1.00 bits per heavy atom. The minimum absolute atomic E-state index is 0.0432. The molecule has 0 unspecified atom stereocenters. The van der Waals surface area contributed by atoms with Crippen LogP contribution in [-0.2, 0) is 4.79 Å². The number of benzene rings is 1. The first-order valence-corrected chi connectivity index (χ1v) is 12.6. The topological polar surface area (TPSA) is 46.2 Å². The molecule has 3 nitrogen and oxygen atoms in total. The van der Waals surface area contributed by atoms with Crippen molar-refractivity contribution in [2.75, 3.05) is 6.54 Å². The summed E-state index contributed by atoms with van der Waals surface area (Å²) in [5.41, 5.74) is 0.750. The average molecular weight is 416 g/mol. The molecular formula is C27H45NO2. The number of aldehydes is 1. The summed E-state index contributed by atoms with van der Waals surface area (Å²) < 4.78 is 0. The number of rotatable bonds is 21. The molecule has 1 N–H and O–H groups in total. The van der Waals surface area contributed by atoms with Crippen LogP contribution in [0.25, 0.3) is 0 Å². The van der Waals surface area contributed by atoms with Crippen molar-refractivity contribution in [2.45, 2.75) is 116 Å². The van der Waals surface area contributed by atoms with Gasteiger partial charge in [-0.15, -0.1) is 0 Å². The van der Waals surface area contributed by atoms with E-state index in [9.17, 15) is 9.59 Å². The summed E-state index contributed by atoms with van der Waals surface area (Å²) in [7, 11) is 0. The van der Waals surface area contributed by atoms with Crippen LogP contribution in [0.3, 0.4) is 0 Å². The number of unbranched alkanes of at least 4 members (excludes halogenated alkanes) is 17. The molecule has 0 aliphatic carbocycles. The van der Waals surface area contributed by atoms with Crippen molar-refractivity contribution < 1.29 is 9.59 Å². The Labute approximate surface area is 185 Å². The standard InChI is InChI=1S/C27H45NO2/c29-25-21-16-14-12-10-8-6-4-2-1-3-5-7-9-11-13-15-20-24-28-27(30)26-22-18-17-19-23-26/h17-19,22-23,25H,1-16,20-21,24H2,(H,28,30). The molecule has 0 aliphatic heterocycles. The van der Waals surface area contributed by atoms with Gasteiger partial charge in [-0.25, -0.2) is 0 Å². The second-order valence-electron chi connectivity index (χ2n) is 8.59. The Hall–Kier alpha value is -1.64. The van der Waals surface area contributed by atoms with Crippen molar-refractivity contribution in [1.82, 2.24) is 5.32 Å². The van der Waals surface area contributed by atoms with Crippen LogP contribution in [0.15, 0.2) is 30.3 Å². The smallest absolute Gasteiger partial charge is 0.251 e. The lowest BCUT2D eigenvalue weighted by Gasteiger charge is -2.05. The van der Waals surface area contributed by atoms with E-state index in [1.54, 1.807) is 0 Å². The second kappa shape index (κ2) is 20.6. The fourth-order valence-electron chi connectivity index (χ4n) is 3.90. The summed E-state index contributed by atoms with van der Waals surface area (Å²) in [6.07, 6.45) is 24.2. The predicted molar refractivity (Wildman–Crippen MR) is 128 cm³/mol. The molecule has 1 aromatic carbocycles. The van der Waals surface area contributed by atoms with E-state index in [4.69, 9.17) is 0 Å². The summed E-state index contributed by atoms with van der Waals surface area (Å²) in [5.74, 6) is 0.0432. The van der Waals surface area contributed by atoms with Gasteiger partial charge in [0.05, 0.1) is 0 Å². The van der Waals surface area contributed by atoms with Crippen molar-refractivity contribution >= 4 is 12.2 Å². The van der Waals surface area contributed by atoms with Gasteiger partial charge in [0.2, 0.25) is 0 Å². The van der Waals surface area contributed by atoms with Crippen LogP contribution in [0.1, 0.15) is 126 Å². The van der Waals surface area contributed by atoms with Gasteiger partial charge >= 0.3 is 0 Å². The van der Waals surface area contributed by atoms with Crippen LogP contribution in [0.2, 0.25) is 0 Å². The zero-order chi connectivity index (χ0) is 21.5. The molecule has 0 spiro atoms. The summed E-state index contributed by atoms with van der Waals surface area (Å²) in [6, 6.07) is 9.45. The van der Waals surface area contributed by atoms with Crippen LogP contribution in [-0.4, -0.2) is 18.7 Å². The van der Waals surface area contributed by atoms with Gasteiger partial charge in [-0.2, -0.15) is 0 Å². The van der Waals surface area contributed by atoms with Crippen LogP contribution >= 0.6 is 0 Å². The van der Waals surface area contributed by atoms with Crippen LogP contribution in [0, 0.1) is 0 Å². The lowest BCUT2D eigenvalue weighted by Crippen LogP contribution is -2.24. The Kier molecular flexibility index (Phi) is 18.1.